The van der Waals surface area contributed by atoms with Gasteiger partial charge in [0.15, 0.2) is 0 Å². The largest absolute Gasteiger partial charge is 0.388 e. The van der Waals surface area contributed by atoms with Crippen LogP contribution in [0.1, 0.15) is 43.4 Å². The number of hydrogen-bond donors (Lipinski definition) is 2. The Hall–Kier alpha value is -1.16. The molecule has 0 radical (unpaired) electrons. The van der Waals surface area contributed by atoms with Crippen LogP contribution < -0.4 is 5.32 Å². The molecule has 4 nitrogen and oxygen atoms in total. The number of fused-ring (bicyclic) bond motifs is 1. The summed E-state index contributed by atoms with van der Waals surface area (Å²) >= 11 is 0. The minimum atomic E-state index is -0.517. The number of anilines is 1. The Labute approximate surface area is 101 Å². The van der Waals surface area contributed by atoms with E-state index in [4.69, 9.17) is 0 Å². The first-order valence-electron chi connectivity index (χ1n) is 6.56. The minimum absolute atomic E-state index is 0.517. The second-order valence-corrected chi connectivity index (χ2v) is 5.29. The Bertz CT molecular complexity index is 413. The quantitative estimate of drug-likeness (QED) is 0.834. The molecule has 3 rings (SSSR count). The van der Waals surface area contributed by atoms with E-state index in [0.717, 1.165) is 44.3 Å². The first-order chi connectivity index (χ1) is 8.27. The van der Waals surface area contributed by atoms with Crippen LogP contribution >= 0.6 is 0 Å². The summed E-state index contributed by atoms with van der Waals surface area (Å²) in [6.45, 7) is 0.621. The van der Waals surface area contributed by atoms with Crippen LogP contribution in [0.25, 0.3) is 0 Å². The van der Waals surface area contributed by atoms with Crippen LogP contribution in [0.3, 0.4) is 0 Å². The van der Waals surface area contributed by atoms with E-state index in [0.29, 0.717) is 6.54 Å². The molecule has 0 unspecified atom stereocenters. The van der Waals surface area contributed by atoms with Crippen molar-refractivity contribution in [3.63, 3.8) is 0 Å². The Morgan fingerprint density at radius 1 is 1.18 bits per heavy atom. The van der Waals surface area contributed by atoms with Crippen LogP contribution in [-0.2, 0) is 12.8 Å². The molecule has 1 saturated carbocycles. The highest BCUT2D eigenvalue weighted by Gasteiger charge is 2.31. The highest BCUT2D eigenvalue weighted by atomic mass is 16.3. The number of rotatable bonds is 3. The first-order valence-corrected chi connectivity index (χ1v) is 6.56. The predicted molar refractivity (Wildman–Crippen MR) is 66.0 cm³/mol. The molecule has 0 bridgehead atoms. The van der Waals surface area contributed by atoms with Gasteiger partial charge in [0, 0.05) is 17.8 Å². The molecule has 92 valence electrons. The van der Waals surface area contributed by atoms with Gasteiger partial charge in [0.1, 0.15) is 12.1 Å². The lowest BCUT2D eigenvalue weighted by Crippen LogP contribution is -2.34. The molecular formula is C13H19N3O. The number of nitrogens with zero attached hydrogens (tertiary/aromatic N) is 2. The molecule has 0 saturated heterocycles. The molecule has 0 spiro atoms. The average molecular weight is 233 g/mol. The van der Waals surface area contributed by atoms with Gasteiger partial charge in [-0.3, -0.25) is 0 Å². The Kier molecular flexibility index (Phi) is 2.74. The Balaban J connectivity index is 1.71. The van der Waals surface area contributed by atoms with E-state index in [2.05, 4.69) is 15.3 Å². The summed E-state index contributed by atoms with van der Waals surface area (Å²) in [5.41, 5.74) is 1.92. The summed E-state index contributed by atoms with van der Waals surface area (Å²) in [7, 11) is 0. The highest BCUT2D eigenvalue weighted by Crippen LogP contribution is 2.31. The fraction of sp³-hybridized carbons (Fsp3) is 0.692. The molecule has 2 aliphatic rings. The zero-order valence-electron chi connectivity index (χ0n) is 10.1. The van der Waals surface area contributed by atoms with Gasteiger partial charge in [0.25, 0.3) is 0 Å². The molecule has 0 aromatic carbocycles. The summed E-state index contributed by atoms with van der Waals surface area (Å²) in [6.07, 6.45) is 9.03. The van der Waals surface area contributed by atoms with Crippen LogP contribution in [-0.4, -0.2) is 27.2 Å². The topological polar surface area (TPSA) is 58.0 Å². The van der Waals surface area contributed by atoms with Crippen molar-refractivity contribution in [1.82, 2.24) is 9.97 Å². The first kappa shape index (κ1) is 11.0. The summed E-state index contributed by atoms with van der Waals surface area (Å²) in [5.74, 6) is 0.938. The van der Waals surface area contributed by atoms with Gasteiger partial charge in [-0.15, -0.1) is 0 Å². The van der Waals surface area contributed by atoms with Crippen molar-refractivity contribution in [3.05, 3.63) is 17.6 Å². The second kappa shape index (κ2) is 4.26. The van der Waals surface area contributed by atoms with Crippen molar-refractivity contribution in [2.24, 2.45) is 0 Å². The molecule has 1 heterocycles. The number of nitrogens with one attached hydrogen (secondary N) is 1. The molecule has 4 heteroatoms. The maximum absolute atomic E-state index is 10.3. The van der Waals surface area contributed by atoms with Crippen LogP contribution in [0.2, 0.25) is 0 Å². The predicted octanol–water partition coefficient (Wildman–Crippen LogP) is 1.68. The molecular weight excluding hydrogens is 214 g/mol. The molecule has 1 fully saturated rings. The van der Waals surface area contributed by atoms with Crippen molar-refractivity contribution in [3.8, 4) is 0 Å². The van der Waals surface area contributed by atoms with Gasteiger partial charge in [0.05, 0.1) is 5.60 Å². The van der Waals surface area contributed by atoms with Crippen LogP contribution in [0, 0.1) is 0 Å². The second-order valence-electron chi connectivity index (χ2n) is 5.29. The maximum atomic E-state index is 10.3. The molecule has 17 heavy (non-hydrogen) atoms. The molecule has 0 atom stereocenters. The summed E-state index contributed by atoms with van der Waals surface area (Å²) in [4.78, 5) is 8.61. The Morgan fingerprint density at radius 3 is 2.82 bits per heavy atom. The molecule has 0 amide bonds. The lowest BCUT2D eigenvalue weighted by Gasteiger charge is -2.23. The zero-order valence-corrected chi connectivity index (χ0v) is 10.1. The third-order valence-corrected chi connectivity index (χ3v) is 3.99. The standard InChI is InChI=1S/C13H19N3O/c17-13(6-1-2-7-13)8-14-12-10-4-3-5-11(10)15-9-16-12/h9,17H,1-8H2,(H,14,15,16). The zero-order chi connectivity index (χ0) is 11.7. The fourth-order valence-electron chi connectivity index (χ4n) is 2.97. The lowest BCUT2D eigenvalue weighted by atomic mass is 10.0. The molecule has 1 aromatic rings. The molecule has 0 aliphatic heterocycles. The average Bonchev–Trinajstić information content (AvgIpc) is 2.95. The normalized spacial score (nSPS) is 21.5. The van der Waals surface area contributed by atoms with Crippen molar-refractivity contribution in [2.45, 2.75) is 50.5 Å². The van der Waals surface area contributed by atoms with Gasteiger partial charge < -0.3 is 10.4 Å². The molecule has 2 N–H and O–H groups in total. The van der Waals surface area contributed by atoms with E-state index in [9.17, 15) is 5.11 Å². The van der Waals surface area contributed by atoms with Crippen molar-refractivity contribution in [2.75, 3.05) is 11.9 Å². The Morgan fingerprint density at radius 2 is 2.00 bits per heavy atom. The lowest BCUT2D eigenvalue weighted by molar-refractivity contribution is 0.0614. The van der Waals surface area contributed by atoms with E-state index in [-0.39, 0.29) is 0 Å². The van der Waals surface area contributed by atoms with Crippen molar-refractivity contribution >= 4 is 5.82 Å². The van der Waals surface area contributed by atoms with Crippen LogP contribution in [0.15, 0.2) is 6.33 Å². The van der Waals surface area contributed by atoms with E-state index in [1.54, 1.807) is 6.33 Å². The van der Waals surface area contributed by atoms with Crippen molar-refractivity contribution in [1.29, 1.82) is 0 Å². The van der Waals surface area contributed by atoms with E-state index in [1.165, 1.54) is 17.7 Å². The maximum Gasteiger partial charge on any atom is 0.132 e. The monoisotopic (exact) mass is 233 g/mol. The molecule has 2 aliphatic carbocycles. The van der Waals surface area contributed by atoms with Crippen LogP contribution in [0.5, 0.6) is 0 Å². The van der Waals surface area contributed by atoms with Crippen molar-refractivity contribution < 1.29 is 5.11 Å². The smallest absolute Gasteiger partial charge is 0.132 e. The SMILES string of the molecule is OC1(CNc2ncnc3c2CCC3)CCCC1. The number of aryl methyl sites for hydroxylation is 1. The van der Waals surface area contributed by atoms with Gasteiger partial charge in [-0.2, -0.15) is 0 Å². The number of hydrogen-bond acceptors (Lipinski definition) is 4. The third kappa shape index (κ3) is 2.14. The van der Waals surface area contributed by atoms with Crippen LogP contribution in [0.4, 0.5) is 5.82 Å². The van der Waals surface area contributed by atoms with Gasteiger partial charge in [-0.05, 0) is 32.1 Å². The summed E-state index contributed by atoms with van der Waals surface area (Å²) < 4.78 is 0. The van der Waals surface area contributed by atoms with Gasteiger partial charge >= 0.3 is 0 Å². The summed E-state index contributed by atoms with van der Waals surface area (Å²) in [5, 5.41) is 13.6. The van der Waals surface area contributed by atoms with E-state index < -0.39 is 5.60 Å². The minimum Gasteiger partial charge on any atom is -0.388 e. The van der Waals surface area contributed by atoms with Gasteiger partial charge in [-0.25, -0.2) is 9.97 Å². The number of aromatic nitrogens is 2. The third-order valence-electron chi connectivity index (χ3n) is 3.99. The summed E-state index contributed by atoms with van der Waals surface area (Å²) in [6, 6.07) is 0. The van der Waals surface area contributed by atoms with Gasteiger partial charge in [0.2, 0.25) is 0 Å². The van der Waals surface area contributed by atoms with Gasteiger partial charge in [-0.1, -0.05) is 12.8 Å². The molecule has 1 aromatic heterocycles. The van der Waals surface area contributed by atoms with E-state index in [1.807, 2.05) is 0 Å². The van der Waals surface area contributed by atoms with E-state index >= 15 is 0 Å². The highest BCUT2D eigenvalue weighted by molar-refractivity contribution is 5.48. The fourth-order valence-corrected chi connectivity index (χ4v) is 2.97. The number of aliphatic hydroxyl groups is 1.